The molecule has 0 aliphatic rings. The summed E-state index contributed by atoms with van der Waals surface area (Å²) < 4.78 is 8.19. The molecular formula is C33H29ClN2O3. The van der Waals surface area contributed by atoms with E-state index in [1.54, 1.807) is 0 Å². The Morgan fingerprint density at radius 3 is 2.26 bits per heavy atom. The molecule has 5 rings (SSSR count). The van der Waals surface area contributed by atoms with E-state index in [2.05, 4.69) is 24.3 Å². The first-order chi connectivity index (χ1) is 18.9. The number of hydrogen-bond donors (Lipinski definition) is 1. The zero-order chi connectivity index (χ0) is 27.4. The number of nitrogens with zero attached hydrogens (tertiary/aromatic N) is 1. The summed E-state index contributed by atoms with van der Waals surface area (Å²) in [6.45, 7) is 2.18. The summed E-state index contributed by atoms with van der Waals surface area (Å²) >= 11 is 6.51. The van der Waals surface area contributed by atoms with Crippen LogP contribution in [0.2, 0.25) is 0 Å². The van der Waals surface area contributed by atoms with Crippen LogP contribution in [-0.4, -0.2) is 21.5 Å². The van der Waals surface area contributed by atoms with Gasteiger partial charge in [-0.2, -0.15) is 0 Å². The van der Waals surface area contributed by atoms with Gasteiger partial charge in [-0.15, -0.1) is 11.6 Å². The van der Waals surface area contributed by atoms with Gasteiger partial charge in [-0.25, -0.2) is 0 Å². The Kier molecular flexibility index (Phi) is 7.80. The Labute approximate surface area is 232 Å². The third kappa shape index (κ3) is 5.59. The van der Waals surface area contributed by atoms with Crippen LogP contribution in [0.25, 0.3) is 16.6 Å². The predicted octanol–water partition coefficient (Wildman–Crippen LogP) is 6.61. The highest BCUT2D eigenvalue weighted by atomic mass is 35.5. The molecule has 1 amide bonds. The zero-order valence-corrected chi connectivity index (χ0v) is 22.4. The van der Waals surface area contributed by atoms with Crippen LogP contribution in [0.5, 0.6) is 5.75 Å². The van der Waals surface area contributed by atoms with Gasteiger partial charge in [-0.1, -0.05) is 84.9 Å². The first-order valence-electron chi connectivity index (χ1n) is 12.9. The highest BCUT2D eigenvalue weighted by molar-refractivity contribution is 6.44. The highest BCUT2D eigenvalue weighted by Gasteiger charge is 2.29. The van der Waals surface area contributed by atoms with E-state index in [4.69, 9.17) is 22.1 Å². The van der Waals surface area contributed by atoms with E-state index in [0.29, 0.717) is 36.3 Å². The average molecular weight is 537 g/mol. The van der Waals surface area contributed by atoms with E-state index in [9.17, 15) is 9.59 Å². The molecular weight excluding hydrogens is 508 g/mol. The Hall–Kier alpha value is -4.35. The minimum atomic E-state index is -1.01. The molecule has 6 heteroatoms. The maximum absolute atomic E-state index is 13.4. The van der Waals surface area contributed by atoms with Crippen molar-refractivity contribution in [1.29, 1.82) is 0 Å². The fourth-order valence-corrected chi connectivity index (χ4v) is 5.21. The second kappa shape index (κ2) is 11.6. The van der Waals surface area contributed by atoms with Crippen LogP contribution in [-0.2, 0) is 24.2 Å². The van der Waals surface area contributed by atoms with Crippen LogP contribution < -0.4 is 10.5 Å². The van der Waals surface area contributed by atoms with Gasteiger partial charge in [-0.3, -0.25) is 9.59 Å². The van der Waals surface area contributed by atoms with Crippen molar-refractivity contribution in [3.8, 4) is 16.9 Å². The highest BCUT2D eigenvalue weighted by Crippen LogP contribution is 2.36. The number of Topliss-reactive ketones (excluding diaryl/α,β-unsaturated/α-hetero) is 1. The monoisotopic (exact) mass is 536 g/mol. The molecule has 0 aliphatic heterocycles. The number of ether oxygens (including phenoxy) is 1. The number of halogens is 1. The molecule has 0 saturated heterocycles. The van der Waals surface area contributed by atoms with Gasteiger partial charge in [0.1, 0.15) is 12.4 Å². The fourth-order valence-electron chi connectivity index (χ4n) is 5.06. The van der Waals surface area contributed by atoms with Gasteiger partial charge in [0.2, 0.25) is 0 Å². The lowest BCUT2D eigenvalue weighted by molar-refractivity contribution is -0.114. The summed E-state index contributed by atoms with van der Waals surface area (Å²) in [6.07, 6.45) is 2.79. The quantitative estimate of drug-likeness (QED) is 0.124. The standard InChI is InChI=1S/C33H29ClN2O3/c1-22(34)19-27-28(20-25-15-8-9-16-26(25)24-13-6-3-7-14-24)36-18-10-17-29(31(36)30(27)32(37)33(35)38)39-21-23-11-4-2-5-12-23/h2-18,22H,19-21H2,1H3,(H2,35,38). The summed E-state index contributed by atoms with van der Waals surface area (Å²) in [5.74, 6) is -1.27. The largest absolute Gasteiger partial charge is 0.487 e. The average Bonchev–Trinajstić information content (AvgIpc) is 3.25. The lowest BCUT2D eigenvalue weighted by atomic mass is 9.93. The molecule has 3 aromatic carbocycles. The molecule has 2 aromatic heterocycles. The molecule has 0 bridgehead atoms. The van der Waals surface area contributed by atoms with E-state index in [1.165, 1.54) is 0 Å². The molecule has 0 aliphatic carbocycles. The third-order valence-electron chi connectivity index (χ3n) is 6.77. The van der Waals surface area contributed by atoms with Crippen molar-refractivity contribution in [2.24, 2.45) is 5.73 Å². The molecule has 5 nitrogen and oxygen atoms in total. The Bertz CT molecular complexity index is 1630. The van der Waals surface area contributed by atoms with Crippen molar-refractivity contribution >= 4 is 28.8 Å². The summed E-state index contributed by atoms with van der Waals surface area (Å²) in [7, 11) is 0. The SMILES string of the molecule is CC(Cl)Cc1c(C(=O)C(N)=O)c2c(OCc3ccccc3)cccn2c1Cc1ccccc1-c1ccccc1. The number of nitrogens with two attached hydrogens (primary N) is 1. The number of carbonyl (C=O) groups is 2. The van der Waals surface area contributed by atoms with Crippen molar-refractivity contribution in [3.63, 3.8) is 0 Å². The summed E-state index contributed by atoms with van der Waals surface area (Å²) in [5, 5.41) is -0.279. The molecule has 196 valence electrons. The minimum Gasteiger partial charge on any atom is -0.487 e. The molecule has 39 heavy (non-hydrogen) atoms. The van der Waals surface area contributed by atoms with Crippen LogP contribution in [0.4, 0.5) is 0 Å². The predicted molar refractivity (Wildman–Crippen MR) is 155 cm³/mol. The van der Waals surface area contributed by atoms with Crippen LogP contribution in [0, 0.1) is 0 Å². The molecule has 0 radical (unpaired) electrons. The van der Waals surface area contributed by atoms with E-state index >= 15 is 0 Å². The third-order valence-corrected chi connectivity index (χ3v) is 6.92. The molecule has 2 N–H and O–H groups in total. The van der Waals surface area contributed by atoms with Gasteiger partial charge in [0.25, 0.3) is 11.7 Å². The van der Waals surface area contributed by atoms with Gasteiger partial charge in [0, 0.05) is 23.7 Å². The van der Waals surface area contributed by atoms with E-state index < -0.39 is 11.7 Å². The number of hydrogen-bond acceptors (Lipinski definition) is 3. The Balaban J connectivity index is 1.70. The Morgan fingerprint density at radius 2 is 1.56 bits per heavy atom. The van der Waals surface area contributed by atoms with Crippen molar-refractivity contribution in [2.45, 2.75) is 31.7 Å². The van der Waals surface area contributed by atoms with Gasteiger partial charge >= 0.3 is 0 Å². The number of benzene rings is 3. The summed E-state index contributed by atoms with van der Waals surface area (Å²) in [4.78, 5) is 25.6. The number of carbonyl (C=O) groups excluding carboxylic acids is 2. The zero-order valence-electron chi connectivity index (χ0n) is 21.6. The molecule has 0 spiro atoms. The van der Waals surface area contributed by atoms with Crippen LogP contribution >= 0.6 is 11.6 Å². The van der Waals surface area contributed by atoms with E-state index in [1.807, 2.05) is 90.3 Å². The van der Waals surface area contributed by atoms with Crippen LogP contribution in [0.1, 0.15) is 39.7 Å². The smallest absolute Gasteiger partial charge is 0.289 e. The van der Waals surface area contributed by atoms with Crippen molar-refractivity contribution in [3.05, 3.63) is 131 Å². The Morgan fingerprint density at radius 1 is 0.897 bits per heavy atom. The van der Waals surface area contributed by atoms with Crippen LogP contribution in [0.15, 0.2) is 103 Å². The number of alkyl halides is 1. The van der Waals surface area contributed by atoms with E-state index in [0.717, 1.165) is 27.9 Å². The fraction of sp³-hybridized carbons (Fsp3) is 0.152. The number of primary amides is 1. The molecule has 1 atom stereocenters. The lowest BCUT2D eigenvalue weighted by Crippen LogP contribution is -2.24. The summed E-state index contributed by atoms with van der Waals surface area (Å²) in [5.41, 5.74) is 12.2. The van der Waals surface area contributed by atoms with E-state index in [-0.39, 0.29) is 10.9 Å². The molecule has 5 aromatic rings. The first-order valence-corrected chi connectivity index (χ1v) is 13.3. The van der Waals surface area contributed by atoms with Gasteiger partial charge < -0.3 is 14.9 Å². The van der Waals surface area contributed by atoms with Crippen molar-refractivity contribution in [1.82, 2.24) is 4.40 Å². The second-order valence-electron chi connectivity index (χ2n) is 9.54. The second-order valence-corrected chi connectivity index (χ2v) is 10.3. The summed E-state index contributed by atoms with van der Waals surface area (Å²) in [6, 6.07) is 31.8. The molecule has 0 saturated carbocycles. The van der Waals surface area contributed by atoms with Crippen molar-refractivity contribution < 1.29 is 14.3 Å². The number of rotatable bonds is 10. The number of aromatic nitrogens is 1. The number of pyridine rings is 1. The van der Waals surface area contributed by atoms with Crippen LogP contribution in [0.3, 0.4) is 0 Å². The lowest BCUT2D eigenvalue weighted by Gasteiger charge is -2.13. The van der Waals surface area contributed by atoms with Gasteiger partial charge in [0.05, 0.1) is 11.1 Å². The molecule has 1 unspecified atom stereocenters. The molecule has 2 heterocycles. The normalized spacial score (nSPS) is 11.8. The first kappa shape index (κ1) is 26.3. The maximum Gasteiger partial charge on any atom is 0.289 e. The number of ketones is 1. The topological polar surface area (TPSA) is 73.8 Å². The van der Waals surface area contributed by atoms with Gasteiger partial charge in [0.15, 0.2) is 0 Å². The minimum absolute atomic E-state index is 0.255. The maximum atomic E-state index is 13.4. The van der Waals surface area contributed by atoms with Crippen molar-refractivity contribution in [2.75, 3.05) is 0 Å². The number of amides is 1. The number of fused-ring (bicyclic) bond motifs is 1. The van der Waals surface area contributed by atoms with Gasteiger partial charge in [-0.05, 0) is 53.3 Å². The molecule has 0 fully saturated rings.